The summed E-state index contributed by atoms with van der Waals surface area (Å²) < 4.78 is 11.4. The number of esters is 1. The summed E-state index contributed by atoms with van der Waals surface area (Å²) in [6, 6.07) is 15.4. The molecule has 1 aliphatic rings. The van der Waals surface area contributed by atoms with Crippen LogP contribution < -0.4 is 9.47 Å². The van der Waals surface area contributed by atoms with E-state index in [9.17, 15) is 4.79 Å². The van der Waals surface area contributed by atoms with Crippen molar-refractivity contribution in [2.45, 2.75) is 96.8 Å². The number of rotatable bonds is 14. The molecule has 0 amide bonds. The van der Waals surface area contributed by atoms with E-state index in [0.29, 0.717) is 17.2 Å². The molecule has 1 fully saturated rings. The molecule has 0 atom stereocenters. The van der Waals surface area contributed by atoms with Crippen molar-refractivity contribution in [1.82, 2.24) is 0 Å². The average Bonchev–Trinajstić information content (AvgIpc) is 2.89. The highest BCUT2D eigenvalue weighted by molar-refractivity contribution is 5.91. The summed E-state index contributed by atoms with van der Waals surface area (Å²) in [6.45, 7) is 5.18. The van der Waals surface area contributed by atoms with Gasteiger partial charge in [0, 0.05) is 0 Å². The molecule has 0 aromatic heterocycles. The monoisotopic (exact) mass is 476 g/mol. The first-order valence-electron chi connectivity index (χ1n) is 13.9. The van der Waals surface area contributed by atoms with E-state index in [1.165, 1.54) is 76.2 Å². The molecule has 0 unspecified atom stereocenters. The Balaban J connectivity index is 1.40. The van der Waals surface area contributed by atoms with Gasteiger partial charge in [-0.1, -0.05) is 76.7 Å². The first-order chi connectivity index (χ1) is 17.2. The van der Waals surface area contributed by atoms with Crippen molar-refractivity contribution in [3.8, 4) is 11.5 Å². The Morgan fingerprint density at radius 1 is 0.800 bits per heavy atom. The van der Waals surface area contributed by atoms with Crippen molar-refractivity contribution >= 4 is 5.97 Å². The first kappa shape index (κ1) is 27.0. The largest absolute Gasteiger partial charge is 0.494 e. The number of unbranched alkanes of at least 4 members (excludes halogenated alkanes) is 6. The van der Waals surface area contributed by atoms with Crippen LogP contribution >= 0.6 is 0 Å². The van der Waals surface area contributed by atoms with Gasteiger partial charge in [-0.2, -0.15) is 0 Å². The van der Waals surface area contributed by atoms with Crippen LogP contribution in [0.3, 0.4) is 0 Å². The van der Waals surface area contributed by atoms with Crippen LogP contribution in [0.15, 0.2) is 60.7 Å². The highest BCUT2D eigenvalue weighted by atomic mass is 16.5. The predicted octanol–water partition coefficient (Wildman–Crippen LogP) is 9.28. The van der Waals surface area contributed by atoms with Gasteiger partial charge in [-0.15, -0.1) is 0 Å². The molecule has 0 radical (unpaired) electrons. The third-order valence-corrected chi connectivity index (χ3v) is 7.05. The van der Waals surface area contributed by atoms with Crippen molar-refractivity contribution in [2.75, 3.05) is 6.61 Å². The lowest BCUT2D eigenvalue weighted by atomic mass is 9.78. The van der Waals surface area contributed by atoms with E-state index in [1.54, 1.807) is 12.1 Å². The Labute approximate surface area is 212 Å². The number of hydrogen-bond acceptors (Lipinski definition) is 3. The van der Waals surface area contributed by atoms with Gasteiger partial charge in [0.1, 0.15) is 11.5 Å². The van der Waals surface area contributed by atoms with Crippen molar-refractivity contribution in [2.24, 2.45) is 5.92 Å². The van der Waals surface area contributed by atoms with Gasteiger partial charge in [0.25, 0.3) is 0 Å². The second-order valence-electron chi connectivity index (χ2n) is 9.93. The van der Waals surface area contributed by atoms with Gasteiger partial charge in [-0.05, 0) is 92.3 Å². The van der Waals surface area contributed by atoms with E-state index >= 15 is 0 Å². The molecule has 1 aliphatic carbocycles. The van der Waals surface area contributed by atoms with Gasteiger partial charge >= 0.3 is 5.97 Å². The molecule has 3 nitrogen and oxygen atoms in total. The molecule has 2 aromatic carbocycles. The molecule has 1 saturated carbocycles. The summed E-state index contributed by atoms with van der Waals surface area (Å²) in [4.78, 5) is 12.6. The van der Waals surface area contributed by atoms with Crippen LogP contribution in [0.5, 0.6) is 11.5 Å². The second-order valence-corrected chi connectivity index (χ2v) is 9.93. The Morgan fingerprint density at radius 3 is 2.14 bits per heavy atom. The predicted molar refractivity (Wildman–Crippen MR) is 145 cm³/mol. The smallest absolute Gasteiger partial charge is 0.343 e. The molecule has 190 valence electrons. The maximum Gasteiger partial charge on any atom is 0.343 e. The standard InChI is InChI=1S/C32H44O3/c1-3-5-7-8-9-11-25-34-30-21-19-29(20-22-30)32(33)35-31-23-17-28(18-24-31)27-15-13-26(14-16-27)12-10-6-4-2/h10,12,17-24,26-27H,3-9,11,13-16,25H2,1-2H3/b12-10+. The first-order valence-corrected chi connectivity index (χ1v) is 13.9. The number of hydrogen-bond donors (Lipinski definition) is 0. The number of benzene rings is 2. The topological polar surface area (TPSA) is 35.5 Å². The summed E-state index contributed by atoms with van der Waals surface area (Å²) in [6.07, 6.45) is 19.6. The third-order valence-electron chi connectivity index (χ3n) is 7.05. The van der Waals surface area contributed by atoms with Crippen molar-refractivity contribution in [3.05, 3.63) is 71.8 Å². The summed E-state index contributed by atoms with van der Waals surface area (Å²) in [5.74, 6) is 2.41. The average molecular weight is 477 g/mol. The van der Waals surface area contributed by atoms with Crippen molar-refractivity contribution in [3.63, 3.8) is 0 Å². The molecule has 3 rings (SSSR count). The zero-order chi connectivity index (χ0) is 24.7. The maximum absolute atomic E-state index is 12.6. The van der Waals surface area contributed by atoms with E-state index in [2.05, 4.69) is 38.1 Å². The molecule has 3 heteroatoms. The Bertz CT molecular complexity index is 874. The minimum Gasteiger partial charge on any atom is -0.494 e. The molecule has 0 bridgehead atoms. The van der Waals surface area contributed by atoms with Gasteiger partial charge in [-0.25, -0.2) is 4.79 Å². The lowest BCUT2D eigenvalue weighted by Crippen LogP contribution is -2.12. The van der Waals surface area contributed by atoms with Crippen LogP contribution in [0, 0.1) is 5.92 Å². The summed E-state index contributed by atoms with van der Waals surface area (Å²) in [5, 5.41) is 0. The quantitative estimate of drug-likeness (QED) is 0.118. The highest BCUT2D eigenvalue weighted by Gasteiger charge is 2.21. The van der Waals surface area contributed by atoms with Gasteiger partial charge in [-0.3, -0.25) is 0 Å². The fourth-order valence-corrected chi connectivity index (χ4v) is 4.83. The van der Waals surface area contributed by atoms with E-state index < -0.39 is 0 Å². The molecule has 0 N–H and O–H groups in total. The van der Waals surface area contributed by atoms with Gasteiger partial charge in [0.15, 0.2) is 0 Å². The SMILES string of the molecule is CCC/C=C/C1CCC(c2ccc(OC(=O)c3ccc(OCCCCCCCC)cc3)cc2)CC1. The molecule has 2 aromatic rings. The van der Waals surface area contributed by atoms with Crippen LogP contribution in [0.2, 0.25) is 0 Å². The molecule has 0 spiro atoms. The van der Waals surface area contributed by atoms with Crippen LogP contribution in [0.4, 0.5) is 0 Å². The van der Waals surface area contributed by atoms with Crippen molar-refractivity contribution < 1.29 is 14.3 Å². The normalized spacial score (nSPS) is 18.0. The molecule has 0 aliphatic heterocycles. The Kier molecular flexibility index (Phi) is 11.9. The summed E-state index contributed by atoms with van der Waals surface area (Å²) >= 11 is 0. The van der Waals surface area contributed by atoms with E-state index in [-0.39, 0.29) is 5.97 Å². The number of ether oxygens (including phenoxy) is 2. The zero-order valence-corrected chi connectivity index (χ0v) is 21.8. The molecular weight excluding hydrogens is 432 g/mol. The lowest BCUT2D eigenvalue weighted by Gasteiger charge is -2.27. The van der Waals surface area contributed by atoms with Crippen LogP contribution in [0.25, 0.3) is 0 Å². The zero-order valence-electron chi connectivity index (χ0n) is 21.8. The number of carbonyl (C=O) groups excluding carboxylic acids is 1. The third kappa shape index (κ3) is 9.55. The maximum atomic E-state index is 12.6. The Hall–Kier alpha value is -2.55. The molecule has 35 heavy (non-hydrogen) atoms. The van der Waals surface area contributed by atoms with Crippen LogP contribution in [-0.4, -0.2) is 12.6 Å². The van der Waals surface area contributed by atoms with Gasteiger partial charge in [0.05, 0.1) is 12.2 Å². The minimum atomic E-state index is -0.334. The second kappa shape index (κ2) is 15.4. The molecular formula is C32H44O3. The Morgan fingerprint density at radius 2 is 1.46 bits per heavy atom. The van der Waals surface area contributed by atoms with E-state index in [4.69, 9.17) is 9.47 Å². The number of carbonyl (C=O) groups is 1. The van der Waals surface area contributed by atoms with E-state index in [0.717, 1.165) is 24.7 Å². The van der Waals surface area contributed by atoms with Gasteiger partial charge in [0.2, 0.25) is 0 Å². The van der Waals surface area contributed by atoms with E-state index in [1.807, 2.05) is 24.3 Å². The number of allylic oxidation sites excluding steroid dienone is 2. The van der Waals surface area contributed by atoms with Crippen molar-refractivity contribution in [1.29, 1.82) is 0 Å². The molecule has 0 heterocycles. The van der Waals surface area contributed by atoms with Gasteiger partial charge < -0.3 is 9.47 Å². The fraction of sp³-hybridized carbons (Fsp3) is 0.531. The summed E-state index contributed by atoms with van der Waals surface area (Å²) in [7, 11) is 0. The molecule has 0 saturated heterocycles. The summed E-state index contributed by atoms with van der Waals surface area (Å²) in [5.41, 5.74) is 1.89. The highest BCUT2D eigenvalue weighted by Crippen LogP contribution is 2.37. The van der Waals surface area contributed by atoms with Crippen LogP contribution in [0.1, 0.15) is 113 Å². The fourth-order valence-electron chi connectivity index (χ4n) is 4.83. The minimum absolute atomic E-state index is 0.334. The van der Waals surface area contributed by atoms with Crippen LogP contribution in [-0.2, 0) is 0 Å². The lowest BCUT2D eigenvalue weighted by molar-refractivity contribution is 0.0734.